The Morgan fingerprint density at radius 2 is 1.07 bits per heavy atom. The van der Waals surface area contributed by atoms with Gasteiger partial charge in [0.05, 0.1) is 11.4 Å². The second-order valence-corrected chi connectivity index (χ2v) is 10.7. The zero-order valence-corrected chi connectivity index (χ0v) is 23.1. The van der Waals surface area contributed by atoms with E-state index < -0.39 is 0 Å². The molecule has 0 bridgehead atoms. The molecule has 0 saturated carbocycles. The quantitative estimate of drug-likeness (QED) is 0.224. The zero-order valence-electron chi connectivity index (χ0n) is 23.1. The van der Waals surface area contributed by atoms with Crippen molar-refractivity contribution in [2.45, 2.75) is 6.92 Å². The summed E-state index contributed by atoms with van der Waals surface area (Å²) in [6, 6.07) is 48.3. The van der Waals surface area contributed by atoms with E-state index in [4.69, 9.17) is 14.4 Å². The lowest BCUT2D eigenvalue weighted by Gasteiger charge is -2.10. The molecule has 0 atom stereocenters. The number of aromatic nitrogens is 2. The molecule has 0 aliphatic carbocycles. The van der Waals surface area contributed by atoms with Gasteiger partial charge in [-0.25, -0.2) is 9.97 Å². The highest BCUT2D eigenvalue weighted by molar-refractivity contribution is 6.19. The molecule has 3 nitrogen and oxygen atoms in total. The van der Waals surface area contributed by atoms with Crippen molar-refractivity contribution in [2.75, 3.05) is 0 Å². The minimum absolute atomic E-state index is 0.716. The lowest BCUT2D eigenvalue weighted by molar-refractivity contribution is 0.672. The Hall–Kier alpha value is -5.54. The summed E-state index contributed by atoms with van der Waals surface area (Å²) in [6.07, 6.45) is 0. The Kier molecular flexibility index (Phi) is 5.68. The van der Waals surface area contributed by atoms with E-state index in [1.165, 1.54) is 10.9 Å². The number of hydrogen-bond acceptors (Lipinski definition) is 3. The van der Waals surface area contributed by atoms with Gasteiger partial charge in [0.1, 0.15) is 11.2 Å². The second kappa shape index (κ2) is 9.83. The van der Waals surface area contributed by atoms with Crippen molar-refractivity contribution in [3.63, 3.8) is 0 Å². The number of furan rings is 1. The summed E-state index contributed by atoms with van der Waals surface area (Å²) in [4.78, 5) is 9.93. The summed E-state index contributed by atoms with van der Waals surface area (Å²) in [6.45, 7) is 2.17. The number of hydrogen-bond donors (Lipinski definition) is 0. The van der Waals surface area contributed by atoms with E-state index in [0.29, 0.717) is 5.82 Å². The number of rotatable bonds is 4. The summed E-state index contributed by atoms with van der Waals surface area (Å²) < 4.78 is 6.47. The van der Waals surface area contributed by atoms with Crippen LogP contribution in [-0.2, 0) is 0 Å². The first-order valence-electron chi connectivity index (χ1n) is 14.2. The summed E-state index contributed by atoms with van der Waals surface area (Å²) in [5.74, 6) is 0.716. The van der Waals surface area contributed by atoms with Crippen LogP contribution in [0, 0.1) is 6.92 Å². The molecule has 0 unspecified atom stereocenters. The maximum absolute atomic E-state index is 6.47. The molecule has 2 heterocycles. The predicted octanol–water partition coefficient (Wildman–Crippen LogP) is 10.5. The molecule has 0 aliphatic heterocycles. The van der Waals surface area contributed by atoms with Crippen molar-refractivity contribution in [3.8, 4) is 45.0 Å². The third-order valence-corrected chi connectivity index (χ3v) is 8.03. The summed E-state index contributed by atoms with van der Waals surface area (Å²) in [7, 11) is 0. The molecule has 6 aromatic carbocycles. The molecule has 8 aromatic rings. The van der Waals surface area contributed by atoms with E-state index >= 15 is 0 Å². The molecule has 0 amide bonds. The van der Waals surface area contributed by atoms with Crippen LogP contribution in [0.3, 0.4) is 0 Å². The van der Waals surface area contributed by atoms with Gasteiger partial charge in [-0.05, 0) is 47.2 Å². The topological polar surface area (TPSA) is 38.9 Å². The standard InChI is InChI=1S/C39H26N2O/c1-25-23-33-37-31(17-10-18-36(37)42-38(33)32-16-9-8-15-30(25)32)26-19-21-28(22-20-26)35-24-34(27-11-4-2-5-12-27)40-39(41-35)29-13-6-3-7-14-29/h2-24H,1H3. The Morgan fingerprint density at radius 1 is 0.476 bits per heavy atom. The highest BCUT2D eigenvalue weighted by Gasteiger charge is 2.16. The molecule has 0 spiro atoms. The van der Waals surface area contributed by atoms with E-state index in [1.54, 1.807) is 0 Å². The molecule has 0 N–H and O–H groups in total. The van der Waals surface area contributed by atoms with Crippen LogP contribution in [-0.4, -0.2) is 9.97 Å². The Labute approximate surface area is 243 Å². The summed E-state index contributed by atoms with van der Waals surface area (Å²) in [5.41, 5.74) is 10.3. The number of benzene rings is 6. The third-order valence-electron chi connectivity index (χ3n) is 8.03. The molecule has 198 valence electrons. The molecule has 2 aromatic heterocycles. The van der Waals surface area contributed by atoms with Gasteiger partial charge >= 0.3 is 0 Å². The van der Waals surface area contributed by atoms with Crippen LogP contribution in [0.25, 0.3) is 77.7 Å². The minimum Gasteiger partial charge on any atom is -0.455 e. The lowest BCUT2D eigenvalue weighted by atomic mass is 9.95. The maximum Gasteiger partial charge on any atom is 0.160 e. The van der Waals surface area contributed by atoms with Crippen LogP contribution in [0.4, 0.5) is 0 Å². The van der Waals surface area contributed by atoms with Crippen LogP contribution in [0.15, 0.2) is 144 Å². The largest absolute Gasteiger partial charge is 0.455 e. The fourth-order valence-electron chi connectivity index (χ4n) is 5.96. The van der Waals surface area contributed by atoms with Crippen molar-refractivity contribution in [2.24, 2.45) is 0 Å². The molecule has 42 heavy (non-hydrogen) atoms. The van der Waals surface area contributed by atoms with Gasteiger partial charge < -0.3 is 4.42 Å². The van der Waals surface area contributed by atoms with Crippen molar-refractivity contribution in [1.82, 2.24) is 9.97 Å². The van der Waals surface area contributed by atoms with E-state index in [1.807, 2.05) is 36.4 Å². The Bertz CT molecular complexity index is 2170. The molecule has 3 heteroatoms. The first kappa shape index (κ1) is 24.3. The van der Waals surface area contributed by atoms with E-state index in [9.17, 15) is 0 Å². The smallest absolute Gasteiger partial charge is 0.160 e. The highest BCUT2D eigenvalue weighted by Crippen LogP contribution is 2.41. The van der Waals surface area contributed by atoms with Crippen LogP contribution in [0.5, 0.6) is 0 Å². The molecule has 0 radical (unpaired) electrons. The van der Waals surface area contributed by atoms with Gasteiger partial charge in [-0.1, -0.05) is 121 Å². The molecular formula is C39H26N2O. The Morgan fingerprint density at radius 3 is 1.79 bits per heavy atom. The van der Waals surface area contributed by atoms with E-state index in [-0.39, 0.29) is 0 Å². The van der Waals surface area contributed by atoms with Crippen LogP contribution in [0.2, 0.25) is 0 Å². The molecular weight excluding hydrogens is 512 g/mol. The van der Waals surface area contributed by atoms with Crippen molar-refractivity contribution >= 4 is 32.7 Å². The normalized spacial score (nSPS) is 11.5. The van der Waals surface area contributed by atoms with Gasteiger partial charge in [0.25, 0.3) is 0 Å². The maximum atomic E-state index is 6.47. The van der Waals surface area contributed by atoms with Gasteiger partial charge in [-0.3, -0.25) is 0 Å². The summed E-state index contributed by atoms with van der Waals surface area (Å²) >= 11 is 0. The molecule has 0 saturated heterocycles. The van der Waals surface area contributed by atoms with Gasteiger partial charge in [-0.2, -0.15) is 0 Å². The van der Waals surface area contributed by atoms with Crippen molar-refractivity contribution in [3.05, 3.63) is 145 Å². The van der Waals surface area contributed by atoms with Crippen LogP contribution >= 0.6 is 0 Å². The van der Waals surface area contributed by atoms with Gasteiger partial charge in [0.15, 0.2) is 5.82 Å². The first-order chi connectivity index (χ1) is 20.7. The minimum atomic E-state index is 0.716. The van der Waals surface area contributed by atoms with Crippen molar-refractivity contribution < 1.29 is 4.42 Å². The van der Waals surface area contributed by atoms with E-state index in [0.717, 1.165) is 66.5 Å². The predicted molar refractivity (Wildman–Crippen MR) is 173 cm³/mol. The number of fused-ring (bicyclic) bond motifs is 5. The average Bonchev–Trinajstić information content (AvgIpc) is 3.44. The van der Waals surface area contributed by atoms with Gasteiger partial charge in [0.2, 0.25) is 0 Å². The van der Waals surface area contributed by atoms with E-state index in [2.05, 4.69) is 110 Å². The number of aryl methyl sites for hydroxylation is 1. The molecule has 0 fully saturated rings. The fourth-order valence-corrected chi connectivity index (χ4v) is 5.96. The van der Waals surface area contributed by atoms with Gasteiger partial charge in [-0.15, -0.1) is 0 Å². The van der Waals surface area contributed by atoms with Crippen LogP contribution < -0.4 is 0 Å². The zero-order chi connectivity index (χ0) is 28.0. The SMILES string of the molecule is Cc1cc2c(oc3cccc(-c4ccc(-c5cc(-c6ccccc6)nc(-c6ccccc6)n5)cc4)c32)c2ccccc12. The van der Waals surface area contributed by atoms with Crippen molar-refractivity contribution in [1.29, 1.82) is 0 Å². The highest BCUT2D eigenvalue weighted by atomic mass is 16.3. The average molecular weight is 539 g/mol. The molecule has 0 aliphatic rings. The Balaban J connectivity index is 1.26. The monoisotopic (exact) mass is 538 g/mol. The summed E-state index contributed by atoms with van der Waals surface area (Å²) in [5, 5.41) is 4.67. The van der Waals surface area contributed by atoms with Crippen LogP contribution in [0.1, 0.15) is 5.56 Å². The lowest BCUT2D eigenvalue weighted by Crippen LogP contribution is -1.95. The van der Waals surface area contributed by atoms with Gasteiger partial charge in [0, 0.05) is 32.8 Å². The first-order valence-corrected chi connectivity index (χ1v) is 14.2. The molecule has 8 rings (SSSR count). The second-order valence-electron chi connectivity index (χ2n) is 10.7. The fraction of sp³-hybridized carbons (Fsp3) is 0.0256. The number of nitrogens with zero attached hydrogens (tertiary/aromatic N) is 2. The third kappa shape index (κ3) is 4.06.